The number of Topliss-reactive ketones (excluding diaryl/α,β-unsaturated/α-hetero) is 1. The lowest BCUT2D eigenvalue weighted by Gasteiger charge is -2.46. The number of aliphatic hydroxyl groups is 2. The second kappa shape index (κ2) is 10.3. The summed E-state index contributed by atoms with van der Waals surface area (Å²) in [6.45, 7) is 5.83. The van der Waals surface area contributed by atoms with E-state index in [1.54, 1.807) is 0 Å². The Balaban J connectivity index is 1.53. The van der Waals surface area contributed by atoms with E-state index in [0.29, 0.717) is 19.3 Å². The molecule has 0 aromatic heterocycles. The maximum Gasteiger partial charge on any atom is 0.308 e. The minimum Gasteiger partial charge on any atom is -0.469 e. The molecule has 8 unspecified atom stereocenters. The van der Waals surface area contributed by atoms with Crippen molar-refractivity contribution in [3.05, 3.63) is 12.2 Å². The maximum absolute atomic E-state index is 12.3. The van der Waals surface area contributed by atoms with Gasteiger partial charge in [-0.1, -0.05) is 5.57 Å². The molecular weight excluding hydrogens is 392 g/mol. The third-order valence-electron chi connectivity index (χ3n) is 6.23. The number of ether oxygens (including phenoxy) is 4. The summed E-state index contributed by atoms with van der Waals surface area (Å²) in [6.07, 6.45) is -1.06. The smallest absolute Gasteiger partial charge is 0.308 e. The molecule has 0 aliphatic carbocycles. The number of rotatable bonds is 9. The summed E-state index contributed by atoms with van der Waals surface area (Å²) < 4.78 is 22.5. The van der Waals surface area contributed by atoms with E-state index in [4.69, 9.17) is 18.9 Å². The van der Waals surface area contributed by atoms with E-state index in [2.05, 4.69) is 6.58 Å². The van der Waals surface area contributed by atoms with Crippen molar-refractivity contribution in [3.63, 3.8) is 0 Å². The van der Waals surface area contributed by atoms with Gasteiger partial charge in [-0.3, -0.25) is 9.59 Å². The lowest BCUT2D eigenvalue weighted by molar-refractivity contribution is -0.259. The summed E-state index contributed by atoms with van der Waals surface area (Å²) in [5, 5.41) is 21.5. The number of methoxy groups -OCH3 is 1. The summed E-state index contributed by atoms with van der Waals surface area (Å²) >= 11 is 0. The van der Waals surface area contributed by atoms with Crippen molar-refractivity contribution in [1.82, 2.24) is 0 Å². The molecule has 8 heteroatoms. The highest BCUT2D eigenvalue weighted by atomic mass is 16.6. The Kier molecular flexibility index (Phi) is 8.04. The summed E-state index contributed by atoms with van der Waals surface area (Å²) in [4.78, 5) is 23.8. The van der Waals surface area contributed by atoms with Gasteiger partial charge in [0.2, 0.25) is 0 Å². The van der Waals surface area contributed by atoms with Crippen molar-refractivity contribution in [3.8, 4) is 0 Å². The fourth-order valence-electron chi connectivity index (χ4n) is 4.59. The number of carbonyl (C=O) groups is 2. The van der Waals surface area contributed by atoms with Gasteiger partial charge >= 0.3 is 5.97 Å². The van der Waals surface area contributed by atoms with Crippen LogP contribution in [0.15, 0.2) is 12.2 Å². The zero-order valence-electron chi connectivity index (χ0n) is 17.8. The molecule has 30 heavy (non-hydrogen) atoms. The van der Waals surface area contributed by atoms with Crippen LogP contribution < -0.4 is 0 Å². The number of aliphatic hydroxyl groups excluding tert-OH is 2. The van der Waals surface area contributed by atoms with E-state index < -0.39 is 36.6 Å². The number of ketones is 1. The van der Waals surface area contributed by atoms with Gasteiger partial charge in [0.1, 0.15) is 36.3 Å². The molecule has 0 spiro atoms. The van der Waals surface area contributed by atoms with Crippen LogP contribution in [0.5, 0.6) is 0 Å². The first-order valence-electron chi connectivity index (χ1n) is 10.9. The highest BCUT2D eigenvalue weighted by Crippen LogP contribution is 2.40. The van der Waals surface area contributed by atoms with Crippen LogP contribution in [0, 0.1) is 0 Å². The molecule has 8 nitrogen and oxygen atoms in total. The number of hydrogen-bond acceptors (Lipinski definition) is 8. The third kappa shape index (κ3) is 5.48. The second-order valence-electron chi connectivity index (χ2n) is 8.75. The van der Waals surface area contributed by atoms with Gasteiger partial charge in [0.05, 0.1) is 31.8 Å². The summed E-state index contributed by atoms with van der Waals surface area (Å²) in [6, 6.07) is 0. The Bertz CT molecular complexity index is 635. The molecule has 0 radical (unpaired) electrons. The highest BCUT2D eigenvalue weighted by Gasteiger charge is 2.57. The van der Waals surface area contributed by atoms with Gasteiger partial charge in [0, 0.05) is 12.8 Å². The first-order chi connectivity index (χ1) is 14.3. The first-order valence-corrected chi connectivity index (χ1v) is 10.9. The standard InChI is InChI=1S/C22H34O8/c1-12(2)6-4-5-7-13(23)10-16-18(25)21-22(30-16)19(26)20-15(29-21)9-8-14(28-20)11-17(24)27-3/h14-16,18-22,25-26H,1,4-11H2,2-3H3. The normalized spacial score (nSPS) is 37.9. The van der Waals surface area contributed by atoms with Crippen molar-refractivity contribution in [2.45, 2.75) is 107 Å². The fourth-order valence-corrected chi connectivity index (χ4v) is 4.59. The fraction of sp³-hybridized carbons (Fsp3) is 0.818. The van der Waals surface area contributed by atoms with Gasteiger partial charge in [-0.2, -0.15) is 0 Å². The topological polar surface area (TPSA) is 112 Å². The van der Waals surface area contributed by atoms with Crippen LogP contribution in [-0.4, -0.2) is 77.9 Å². The zero-order chi connectivity index (χ0) is 21.8. The van der Waals surface area contributed by atoms with E-state index in [9.17, 15) is 19.8 Å². The van der Waals surface area contributed by atoms with Crippen LogP contribution in [-0.2, 0) is 28.5 Å². The van der Waals surface area contributed by atoms with Crippen LogP contribution in [0.1, 0.15) is 58.3 Å². The monoisotopic (exact) mass is 426 g/mol. The Hall–Kier alpha value is -1.32. The van der Waals surface area contributed by atoms with Crippen molar-refractivity contribution in [2.24, 2.45) is 0 Å². The van der Waals surface area contributed by atoms with Gasteiger partial charge < -0.3 is 29.2 Å². The van der Waals surface area contributed by atoms with Crippen LogP contribution in [0.25, 0.3) is 0 Å². The van der Waals surface area contributed by atoms with Gasteiger partial charge in [-0.15, -0.1) is 6.58 Å². The van der Waals surface area contributed by atoms with Gasteiger partial charge in [0.25, 0.3) is 0 Å². The van der Waals surface area contributed by atoms with E-state index in [0.717, 1.165) is 24.8 Å². The van der Waals surface area contributed by atoms with E-state index in [-0.39, 0.29) is 36.8 Å². The molecule has 3 aliphatic rings. The summed E-state index contributed by atoms with van der Waals surface area (Å²) in [7, 11) is 1.33. The Labute approximate surface area is 177 Å². The zero-order valence-corrected chi connectivity index (χ0v) is 17.8. The van der Waals surface area contributed by atoms with Crippen LogP contribution >= 0.6 is 0 Å². The third-order valence-corrected chi connectivity index (χ3v) is 6.23. The molecule has 0 saturated carbocycles. The average molecular weight is 427 g/mol. The lowest BCUT2D eigenvalue weighted by Crippen LogP contribution is -2.61. The molecule has 3 aliphatic heterocycles. The van der Waals surface area contributed by atoms with Crippen molar-refractivity contribution in [1.29, 1.82) is 0 Å². The predicted octanol–water partition coefficient (Wildman–Crippen LogP) is 1.45. The molecule has 3 saturated heterocycles. The van der Waals surface area contributed by atoms with Crippen LogP contribution in [0.4, 0.5) is 0 Å². The van der Waals surface area contributed by atoms with E-state index in [1.807, 2.05) is 6.92 Å². The molecular formula is C22H34O8. The number of carbonyl (C=O) groups excluding carboxylic acids is 2. The maximum atomic E-state index is 12.3. The lowest BCUT2D eigenvalue weighted by atomic mass is 9.87. The second-order valence-corrected chi connectivity index (χ2v) is 8.75. The minimum absolute atomic E-state index is 0.0284. The molecule has 0 amide bonds. The number of esters is 1. The van der Waals surface area contributed by atoms with Crippen LogP contribution in [0.3, 0.4) is 0 Å². The average Bonchev–Trinajstić information content (AvgIpc) is 3.01. The Morgan fingerprint density at radius 3 is 2.37 bits per heavy atom. The quantitative estimate of drug-likeness (QED) is 0.324. The molecule has 0 bridgehead atoms. The minimum atomic E-state index is -1.00. The molecule has 170 valence electrons. The number of fused-ring (bicyclic) bond motifs is 2. The molecule has 0 aromatic carbocycles. The molecule has 3 fully saturated rings. The summed E-state index contributed by atoms with van der Waals surface area (Å²) in [5.41, 5.74) is 1.10. The first kappa shape index (κ1) is 23.3. The van der Waals surface area contributed by atoms with Crippen LogP contribution in [0.2, 0.25) is 0 Å². The molecule has 3 rings (SSSR count). The van der Waals surface area contributed by atoms with Gasteiger partial charge in [0.15, 0.2) is 0 Å². The molecule has 8 atom stereocenters. The highest BCUT2D eigenvalue weighted by molar-refractivity contribution is 5.79. The van der Waals surface area contributed by atoms with Crippen molar-refractivity contribution >= 4 is 11.8 Å². The van der Waals surface area contributed by atoms with Gasteiger partial charge in [-0.25, -0.2) is 0 Å². The number of allylic oxidation sites excluding steroid dienone is 1. The summed E-state index contributed by atoms with van der Waals surface area (Å²) in [5.74, 6) is -0.336. The molecule has 2 N–H and O–H groups in total. The predicted molar refractivity (Wildman–Crippen MR) is 107 cm³/mol. The van der Waals surface area contributed by atoms with Gasteiger partial charge in [-0.05, 0) is 39.0 Å². The number of hydrogen-bond donors (Lipinski definition) is 2. The van der Waals surface area contributed by atoms with Crippen molar-refractivity contribution < 1.29 is 38.7 Å². The van der Waals surface area contributed by atoms with E-state index >= 15 is 0 Å². The molecule has 3 heterocycles. The largest absolute Gasteiger partial charge is 0.469 e. The molecule has 0 aromatic rings. The van der Waals surface area contributed by atoms with Crippen molar-refractivity contribution in [2.75, 3.05) is 7.11 Å². The van der Waals surface area contributed by atoms with E-state index in [1.165, 1.54) is 7.11 Å². The Morgan fingerprint density at radius 2 is 1.67 bits per heavy atom. The SMILES string of the molecule is C=C(C)CCCCC(=O)CC1OC2C(O)C3OC(CC(=O)OC)CCC3OC2C1O. The Morgan fingerprint density at radius 1 is 0.967 bits per heavy atom. The number of unbranched alkanes of at least 4 members (excludes halogenated alkanes) is 1.